The summed E-state index contributed by atoms with van der Waals surface area (Å²) in [5, 5.41) is 39.0. The van der Waals surface area contributed by atoms with Gasteiger partial charge in [-0.1, -0.05) is 109 Å². The van der Waals surface area contributed by atoms with Crippen molar-refractivity contribution in [3.63, 3.8) is 0 Å². The molecule has 0 spiro atoms. The number of non-ortho nitro benzene ring substituents is 1. The molecule has 1 heterocycles. The van der Waals surface area contributed by atoms with Gasteiger partial charge in [0.15, 0.2) is 0 Å². The van der Waals surface area contributed by atoms with Crippen LogP contribution in [-0.4, -0.2) is 63.3 Å². The smallest absolute Gasteiger partial charge is 0.273 e. The van der Waals surface area contributed by atoms with Gasteiger partial charge in [0.05, 0.1) is 29.2 Å². The molecule has 0 bridgehead atoms. The summed E-state index contributed by atoms with van der Waals surface area (Å²) in [5.74, 6) is -0.888. The maximum atomic E-state index is 15.2. The van der Waals surface area contributed by atoms with E-state index in [1.54, 1.807) is 18.2 Å². The molecule has 12 nitrogen and oxygen atoms in total. The van der Waals surface area contributed by atoms with E-state index in [4.69, 9.17) is 24.2 Å². The Hall–Kier alpha value is -6.34. The Morgan fingerprint density at radius 1 is 0.896 bits per heavy atom. The number of allylic oxidation sites excluding steroid dienone is 1. The van der Waals surface area contributed by atoms with Crippen LogP contribution in [0.3, 0.4) is 0 Å². The first-order chi connectivity index (χ1) is 32.8. The second kappa shape index (κ2) is 20.7. The van der Waals surface area contributed by atoms with Crippen molar-refractivity contribution in [1.82, 2.24) is 4.90 Å². The molecule has 9 rings (SSSR count). The zero-order chi connectivity index (χ0) is 46.3. The number of aliphatic hydroxyl groups is 2. The van der Waals surface area contributed by atoms with Crippen molar-refractivity contribution < 1.29 is 39.0 Å². The first-order valence-electron chi connectivity index (χ1n) is 23.8. The highest BCUT2D eigenvalue weighted by molar-refractivity contribution is 6.03. The molecule has 2 saturated carbocycles. The van der Waals surface area contributed by atoms with Gasteiger partial charge in [-0.3, -0.25) is 14.9 Å². The van der Waals surface area contributed by atoms with Gasteiger partial charge in [-0.2, -0.15) is 0 Å². The number of benzene rings is 5. The number of rotatable bonds is 21. The molecule has 3 aliphatic carbocycles. The Morgan fingerprint density at radius 3 is 2.42 bits per heavy atom. The zero-order valence-corrected chi connectivity index (χ0v) is 37.8. The van der Waals surface area contributed by atoms with Crippen LogP contribution in [0.25, 0.3) is 10.8 Å². The second-order valence-electron chi connectivity index (χ2n) is 18.3. The minimum atomic E-state index is -1.43. The van der Waals surface area contributed by atoms with Gasteiger partial charge in [0.2, 0.25) is 11.7 Å². The van der Waals surface area contributed by atoms with E-state index in [0.29, 0.717) is 36.6 Å². The number of oxime groups is 1. The summed E-state index contributed by atoms with van der Waals surface area (Å²) in [7, 11) is 0. The molecule has 4 aliphatic rings. The molecule has 5 aromatic rings. The molecule has 0 saturated heterocycles. The molecule has 5 aromatic carbocycles. The maximum absolute atomic E-state index is 15.2. The Labute approximate surface area is 391 Å². The Kier molecular flexibility index (Phi) is 14.1. The summed E-state index contributed by atoms with van der Waals surface area (Å²) >= 11 is 0. The lowest BCUT2D eigenvalue weighted by Gasteiger charge is -2.60. The molecular weight excluding hydrogens is 847 g/mol. The third-order valence-corrected chi connectivity index (χ3v) is 14.0. The third kappa shape index (κ3) is 9.75. The molecular formula is C55H59N3O9. The van der Waals surface area contributed by atoms with E-state index >= 15 is 4.79 Å². The summed E-state index contributed by atoms with van der Waals surface area (Å²) in [6.45, 7) is 4.94. The molecule has 348 valence electrons. The standard InChI is InChI=1S/C55H59N3O9/c1-2-30-64-55-51(57(54(61)39-24-25-39)35-41-19-12-18-38-16-6-7-22-45(38)41)34-49(56-65-36-37-14-4-3-5-15-37)47-31-40(17-8-10-28-59)46(23-9-11-29-60)52(53(47)55)48-33-44(26-27-50(48)67-55)66-43-21-13-20-42(32-43)58(62)63/h2-7,12-16,18-22,26-27,31-33,39-40,46,51-53,59-60H,1,8-11,17,23-25,28-30,34-36H2. The van der Waals surface area contributed by atoms with Gasteiger partial charge in [-0.25, -0.2) is 0 Å². The summed E-state index contributed by atoms with van der Waals surface area (Å²) in [6, 6.07) is 35.5. The zero-order valence-electron chi connectivity index (χ0n) is 37.8. The van der Waals surface area contributed by atoms with Crippen LogP contribution in [0.5, 0.6) is 17.2 Å². The quantitative estimate of drug-likeness (QED) is 0.0317. The molecule has 1 aliphatic heterocycles. The number of unbranched alkanes of at least 4 members (excludes halogenated alkanes) is 2. The number of nitro benzene ring substituents is 1. The first kappa shape index (κ1) is 45.8. The summed E-state index contributed by atoms with van der Waals surface area (Å²) in [4.78, 5) is 34.8. The van der Waals surface area contributed by atoms with Gasteiger partial charge in [0.25, 0.3) is 5.69 Å². The number of aliphatic hydroxyl groups excluding tert-OH is 2. The minimum absolute atomic E-state index is 0.00250. The van der Waals surface area contributed by atoms with Gasteiger partial charge in [0, 0.05) is 49.6 Å². The fraction of sp³-hybridized carbons (Fsp3) is 0.382. The molecule has 2 N–H and O–H groups in total. The van der Waals surface area contributed by atoms with E-state index in [2.05, 4.69) is 36.9 Å². The average Bonchev–Trinajstić information content (AvgIpc) is 4.21. The fourth-order valence-corrected chi connectivity index (χ4v) is 10.8. The Balaban J connectivity index is 1.25. The van der Waals surface area contributed by atoms with Crippen molar-refractivity contribution in [2.24, 2.45) is 28.8 Å². The van der Waals surface area contributed by atoms with Crippen molar-refractivity contribution in [1.29, 1.82) is 0 Å². The van der Waals surface area contributed by atoms with E-state index in [-0.39, 0.29) is 68.1 Å². The highest BCUT2D eigenvalue weighted by Gasteiger charge is 2.66. The van der Waals surface area contributed by atoms with Crippen LogP contribution in [0.15, 0.2) is 145 Å². The van der Waals surface area contributed by atoms with Crippen LogP contribution in [0.4, 0.5) is 5.69 Å². The van der Waals surface area contributed by atoms with Crippen LogP contribution >= 0.6 is 0 Å². The molecule has 6 atom stereocenters. The topological polar surface area (TPSA) is 153 Å². The van der Waals surface area contributed by atoms with Gasteiger partial charge in [0.1, 0.15) is 29.9 Å². The number of nitrogens with zero attached hydrogens (tertiary/aromatic N) is 3. The summed E-state index contributed by atoms with van der Waals surface area (Å²) in [5.41, 5.74) is 4.44. The minimum Gasteiger partial charge on any atom is -0.459 e. The van der Waals surface area contributed by atoms with Gasteiger partial charge >= 0.3 is 0 Å². The fourth-order valence-electron chi connectivity index (χ4n) is 10.8. The lowest BCUT2D eigenvalue weighted by molar-refractivity contribution is -0.384. The predicted molar refractivity (Wildman–Crippen MR) is 257 cm³/mol. The van der Waals surface area contributed by atoms with Crippen molar-refractivity contribution in [2.75, 3.05) is 19.8 Å². The number of fused-ring (bicyclic) bond motifs is 3. The van der Waals surface area contributed by atoms with E-state index in [0.717, 1.165) is 77.3 Å². The summed E-state index contributed by atoms with van der Waals surface area (Å²) in [6.07, 6.45) is 10.4. The van der Waals surface area contributed by atoms with Crippen molar-refractivity contribution in [2.45, 2.75) is 88.7 Å². The maximum Gasteiger partial charge on any atom is 0.273 e. The first-order valence-corrected chi connectivity index (χ1v) is 23.8. The molecule has 12 heteroatoms. The largest absolute Gasteiger partial charge is 0.459 e. The second-order valence-corrected chi connectivity index (χ2v) is 18.3. The van der Waals surface area contributed by atoms with Crippen molar-refractivity contribution >= 4 is 28.1 Å². The number of ether oxygens (including phenoxy) is 3. The highest BCUT2D eigenvalue weighted by Crippen LogP contribution is 2.62. The van der Waals surface area contributed by atoms with Gasteiger partial charge in [-0.05, 0) is 102 Å². The molecule has 0 aromatic heterocycles. The molecule has 1 amide bonds. The number of nitro groups is 1. The Morgan fingerprint density at radius 2 is 1.64 bits per heavy atom. The SMILES string of the molecule is C=CCOC12Oc3ccc(Oc4cccc([N+](=O)[O-])c4)cc3C3C(CCCCO)C(CCCCO)C=C(C(=NOCc4ccccc4)CC1N(Cc1cccc4ccccc14)C(=O)C1CC1)C32. The number of hydrogen-bond donors (Lipinski definition) is 2. The number of carbonyl (C=O) groups excluding carboxylic acids is 1. The normalized spacial score (nSPS) is 23.3. The van der Waals surface area contributed by atoms with E-state index < -0.39 is 22.7 Å². The van der Waals surface area contributed by atoms with Gasteiger partial charge < -0.3 is 34.2 Å². The van der Waals surface area contributed by atoms with Crippen LogP contribution in [0, 0.1) is 33.8 Å². The Bertz CT molecular complexity index is 2620. The lowest BCUT2D eigenvalue weighted by Crippen LogP contribution is -2.70. The molecule has 67 heavy (non-hydrogen) atoms. The highest BCUT2D eigenvalue weighted by atomic mass is 16.7. The average molecular weight is 906 g/mol. The monoisotopic (exact) mass is 905 g/mol. The van der Waals surface area contributed by atoms with Crippen molar-refractivity contribution in [3.05, 3.63) is 166 Å². The van der Waals surface area contributed by atoms with Gasteiger partial charge in [-0.15, -0.1) is 6.58 Å². The van der Waals surface area contributed by atoms with Crippen molar-refractivity contribution in [3.8, 4) is 17.2 Å². The molecule has 0 radical (unpaired) electrons. The molecule has 6 unspecified atom stereocenters. The van der Waals surface area contributed by atoms with E-state index in [1.807, 2.05) is 71.6 Å². The lowest BCUT2D eigenvalue weighted by atomic mass is 9.55. The molecule has 2 fully saturated rings. The number of amides is 1. The van der Waals surface area contributed by atoms with E-state index in [1.165, 1.54) is 12.1 Å². The summed E-state index contributed by atoms with van der Waals surface area (Å²) < 4.78 is 21.1. The van der Waals surface area contributed by atoms with Crippen LogP contribution < -0.4 is 9.47 Å². The number of carbonyl (C=O) groups is 1. The van der Waals surface area contributed by atoms with Crippen LogP contribution in [0.1, 0.15) is 80.4 Å². The van der Waals surface area contributed by atoms with E-state index in [9.17, 15) is 20.3 Å². The predicted octanol–water partition coefficient (Wildman–Crippen LogP) is 10.8. The third-order valence-electron chi connectivity index (χ3n) is 14.0. The van der Waals surface area contributed by atoms with Crippen LogP contribution in [0.2, 0.25) is 0 Å². The number of hydrogen-bond acceptors (Lipinski definition) is 10. The van der Waals surface area contributed by atoms with Crippen LogP contribution in [-0.2, 0) is 27.5 Å².